The van der Waals surface area contributed by atoms with E-state index < -0.39 is 0 Å². The average molecular weight is 298 g/mol. The molecule has 22 heavy (non-hydrogen) atoms. The number of phenols is 2. The van der Waals surface area contributed by atoms with E-state index >= 15 is 0 Å². The Morgan fingerprint density at radius 1 is 1.14 bits per heavy atom. The molecule has 5 heteroatoms. The van der Waals surface area contributed by atoms with E-state index in [1.807, 2.05) is 6.92 Å². The lowest BCUT2D eigenvalue weighted by atomic mass is 10.0. The maximum Gasteiger partial charge on any atom is 0.204 e. The van der Waals surface area contributed by atoms with Crippen LogP contribution < -0.4 is 10.2 Å². The van der Waals surface area contributed by atoms with Gasteiger partial charge in [-0.25, -0.2) is 0 Å². The molecule has 2 aromatic carbocycles. The molecule has 1 aromatic heterocycles. The first-order valence-electron chi connectivity index (χ1n) is 6.81. The minimum Gasteiger partial charge on any atom is -0.508 e. The number of aromatic hydroxyl groups is 2. The van der Waals surface area contributed by atoms with Crippen molar-refractivity contribution in [2.45, 2.75) is 6.92 Å². The Bertz CT molecular complexity index is 878. The van der Waals surface area contributed by atoms with Gasteiger partial charge in [-0.05, 0) is 24.6 Å². The molecule has 112 valence electrons. The average Bonchev–Trinajstić information content (AvgIpc) is 2.49. The van der Waals surface area contributed by atoms with Gasteiger partial charge in [-0.1, -0.05) is 12.1 Å². The zero-order valence-corrected chi connectivity index (χ0v) is 11.9. The van der Waals surface area contributed by atoms with Crippen LogP contribution in [0.25, 0.3) is 22.1 Å². The van der Waals surface area contributed by atoms with Crippen molar-refractivity contribution in [3.8, 4) is 28.4 Å². The minimum atomic E-state index is -0.340. The van der Waals surface area contributed by atoms with E-state index in [1.54, 1.807) is 18.2 Å². The molecule has 0 aliphatic carbocycles. The second kappa shape index (κ2) is 5.44. The predicted molar refractivity (Wildman–Crippen MR) is 82.4 cm³/mol. The summed E-state index contributed by atoms with van der Waals surface area (Å²) in [6.07, 6.45) is 1.34. The lowest BCUT2D eigenvalue weighted by Crippen LogP contribution is -2.05. The highest BCUT2D eigenvalue weighted by Gasteiger charge is 2.14. The summed E-state index contributed by atoms with van der Waals surface area (Å²) in [6.45, 7) is 2.27. The quantitative estimate of drug-likeness (QED) is 0.775. The Morgan fingerprint density at radius 2 is 1.86 bits per heavy atom. The van der Waals surface area contributed by atoms with Gasteiger partial charge in [0.2, 0.25) is 5.43 Å². The highest BCUT2D eigenvalue weighted by Crippen LogP contribution is 2.30. The molecule has 0 fully saturated rings. The van der Waals surface area contributed by atoms with Crippen LogP contribution in [-0.4, -0.2) is 16.8 Å². The van der Waals surface area contributed by atoms with E-state index in [9.17, 15) is 15.0 Å². The predicted octanol–water partition coefficient (Wildman–Crippen LogP) is 3.27. The number of hydrogen-bond acceptors (Lipinski definition) is 5. The summed E-state index contributed by atoms with van der Waals surface area (Å²) < 4.78 is 10.8. The van der Waals surface area contributed by atoms with E-state index in [4.69, 9.17) is 9.15 Å². The van der Waals surface area contributed by atoms with Crippen LogP contribution in [0, 0.1) is 0 Å². The van der Waals surface area contributed by atoms with Crippen LogP contribution in [0.15, 0.2) is 51.9 Å². The van der Waals surface area contributed by atoms with Crippen molar-refractivity contribution in [1.82, 2.24) is 0 Å². The summed E-state index contributed by atoms with van der Waals surface area (Å²) in [5.41, 5.74) is 0.831. The molecular weight excluding hydrogens is 284 g/mol. The smallest absolute Gasteiger partial charge is 0.204 e. The lowest BCUT2D eigenvalue weighted by molar-refractivity contribution is 0.338. The molecule has 0 saturated heterocycles. The molecule has 0 unspecified atom stereocenters. The molecule has 0 aliphatic heterocycles. The van der Waals surface area contributed by atoms with Crippen LogP contribution in [0.5, 0.6) is 17.2 Å². The second-order valence-corrected chi connectivity index (χ2v) is 4.77. The Labute approximate surface area is 126 Å². The van der Waals surface area contributed by atoms with Gasteiger partial charge in [-0.15, -0.1) is 0 Å². The number of rotatable bonds is 3. The molecule has 3 rings (SSSR count). The number of ether oxygens (including phenoxy) is 1. The molecule has 0 spiro atoms. The number of benzene rings is 2. The van der Waals surface area contributed by atoms with Gasteiger partial charge in [0.25, 0.3) is 0 Å². The lowest BCUT2D eigenvalue weighted by Gasteiger charge is -2.07. The first-order chi connectivity index (χ1) is 10.6. The van der Waals surface area contributed by atoms with Gasteiger partial charge in [0.05, 0.1) is 12.2 Å². The molecule has 0 aliphatic rings. The maximum absolute atomic E-state index is 12.6. The summed E-state index contributed by atoms with van der Waals surface area (Å²) in [5, 5.41) is 19.5. The molecule has 0 radical (unpaired) electrons. The molecule has 0 bridgehead atoms. The monoisotopic (exact) mass is 298 g/mol. The minimum absolute atomic E-state index is 0.106. The summed E-state index contributed by atoms with van der Waals surface area (Å²) in [6, 6.07) is 9.15. The summed E-state index contributed by atoms with van der Waals surface area (Å²) in [5.74, 6) is 0.362. The van der Waals surface area contributed by atoms with Crippen LogP contribution in [0.2, 0.25) is 0 Å². The van der Waals surface area contributed by atoms with E-state index in [0.29, 0.717) is 23.5 Å². The number of fused-ring (bicyclic) bond motifs is 1. The normalized spacial score (nSPS) is 10.8. The molecule has 0 saturated carbocycles. The summed E-state index contributed by atoms with van der Waals surface area (Å²) in [7, 11) is 0. The zero-order valence-electron chi connectivity index (χ0n) is 11.9. The molecule has 5 nitrogen and oxygen atoms in total. The molecule has 3 aromatic rings. The fraction of sp³-hybridized carbons (Fsp3) is 0.118. The highest BCUT2D eigenvalue weighted by atomic mass is 16.5. The standard InChI is InChI=1S/C17H14O5/c1-2-21-12-7-14(19)16-15(8-12)22-9-13(17(16)20)10-3-5-11(18)6-4-10/h3-9,18-19H,2H2,1H3. The van der Waals surface area contributed by atoms with Crippen molar-refractivity contribution >= 4 is 11.0 Å². The summed E-state index contributed by atoms with van der Waals surface area (Å²) in [4.78, 5) is 12.6. The van der Waals surface area contributed by atoms with Crippen LogP contribution in [0.1, 0.15) is 6.92 Å². The Balaban J connectivity index is 2.21. The largest absolute Gasteiger partial charge is 0.508 e. The molecule has 0 atom stereocenters. The van der Waals surface area contributed by atoms with E-state index in [2.05, 4.69) is 0 Å². The van der Waals surface area contributed by atoms with Crippen LogP contribution in [-0.2, 0) is 0 Å². The van der Waals surface area contributed by atoms with Gasteiger partial charge in [0, 0.05) is 12.1 Å². The third-order valence-corrected chi connectivity index (χ3v) is 3.32. The van der Waals surface area contributed by atoms with Gasteiger partial charge in [-0.2, -0.15) is 0 Å². The van der Waals surface area contributed by atoms with Gasteiger partial charge in [0.1, 0.15) is 34.5 Å². The van der Waals surface area contributed by atoms with Crippen molar-refractivity contribution in [3.63, 3.8) is 0 Å². The molecule has 2 N–H and O–H groups in total. The van der Waals surface area contributed by atoms with Gasteiger partial charge < -0.3 is 19.4 Å². The van der Waals surface area contributed by atoms with Crippen molar-refractivity contribution in [1.29, 1.82) is 0 Å². The Morgan fingerprint density at radius 3 is 2.55 bits per heavy atom. The van der Waals surface area contributed by atoms with Gasteiger partial charge >= 0.3 is 0 Å². The molecule has 0 amide bonds. The van der Waals surface area contributed by atoms with Gasteiger partial charge in [0.15, 0.2) is 0 Å². The van der Waals surface area contributed by atoms with E-state index in [0.717, 1.165) is 0 Å². The zero-order chi connectivity index (χ0) is 15.7. The number of hydrogen-bond donors (Lipinski definition) is 2. The van der Waals surface area contributed by atoms with Crippen molar-refractivity contribution in [3.05, 3.63) is 52.9 Å². The fourth-order valence-corrected chi connectivity index (χ4v) is 2.30. The first-order valence-corrected chi connectivity index (χ1v) is 6.81. The van der Waals surface area contributed by atoms with Crippen LogP contribution in [0.4, 0.5) is 0 Å². The van der Waals surface area contributed by atoms with Crippen molar-refractivity contribution < 1.29 is 19.4 Å². The maximum atomic E-state index is 12.6. The van der Waals surface area contributed by atoms with Gasteiger partial charge in [-0.3, -0.25) is 4.79 Å². The summed E-state index contributed by atoms with van der Waals surface area (Å²) >= 11 is 0. The topological polar surface area (TPSA) is 79.9 Å². The van der Waals surface area contributed by atoms with E-state index in [1.165, 1.54) is 24.5 Å². The molecule has 1 heterocycles. The SMILES string of the molecule is CCOc1cc(O)c2c(=O)c(-c3ccc(O)cc3)coc2c1. The fourth-order valence-electron chi connectivity index (χ4n) is 2.30. The van der Waals surface area contributed by atoms with Crippen LogP contribution in [0.3, 0.4) is 0 Å². The molecular formula is C17H14O5. The third kappa shape index (κ3) is 2.37. The third-order valence-electron chi connectivity index (χ3n) is 3.32. The highest BCUT2D eigenvalue weighted by molar-refractivity contribution is 5.88. The van der Waals surface area contributed by atoms with E-state index in [-0.39, 0.29) is 27.9 Å². The van der Waals surface area contributed by atoms with Crippen molar-refractivity contribution in [2.24, 2.45) is 0 Å². The number of phenolic OH excluding ortho intramolecular Hbond substituents is 2. The van der Waals surface area contributed by atoms with Crippen molar-refractivity contribution in [2.75, 3.05) is 6.61 Å². The van der Waals surface area contributed by atoms with Crippen LogP contribution >= 0.6 is 0 Å². The Hall–Kier alpha value is -2.95. The first kappa shape index (κ1) is 14.0. The second-order valence-electron chi connectivity index (χ2n) is 4.77. The Kier molecular flexibility index (Phi) is 3.47.